The van der Waals surface area contributed by atoms with E-state index in [1.165, 1.54) is 0 Å². The third kappa shape index (κ3) is 3.71. The Morgan fingerprint density at radius 1 is 1.30 bits per heavy atom. The third-order valence-electron chi connectivity index (χ3n) is 2.94. The summed E-state index contributed by atoms with van der Waals surface area (Å²) in [5.41, 5.74) is 9.20. The van der Waals surface area contributed by atoms with Gasteiger partial charge in [-0.1, -0.05) is 17.8 Å². The van der Waals surface area contributed by atoms with E-state index < -0.39 is 0 Å². The summed E-state index contributed by atoms with van der Waals surface area (Å²) in [5.74, 6) is 1.63. The predicted molar refractivity (Wildman–Crippen MR) is 81.9 cm³/mol. The van der Waals surface area contributed by atoms with Crippen LogP contribution in [0.5, 0.6) is 5.75 Å². The summed E-state index contributed by atoms with van der Waals surface area (Å²) in [6.07, 6.45) is 3.65. The number of nitrogens with two attached hydrogens (primary N) is 1. The lowest BCUT2D eigenvalue weighted by molar-refractivity contribution is 0.411. The molecule has 4 nitrogen and oxygen atoms in total. The molecule has 0 aliphatic rings. The summed E-state index contributed by atoms with van der Waals surface area (Å²) >= 11 is 1.59. The molecule has 0 bridgehead atoms. The molecule has 0 aliphatic carbocycles. The molecule has 2 rings (SSSR count). The summed E-state index contributed by atoms with van der Waals surface area (Å²) in [7, 11) is 1.68. The summed E-state index contributed by atoms with van der Waals surface area (Å²) in [6.45, 7) is 3.95. The normalized spacial score (nSPS) is 12.2. The molecule has 0 spiro atoms. The van der Waals surface area contributed by atoms with Gasteiger partial charge in [-0.15, -0.1) is 0 Å². The highest BCUT2D eigenvalue weighted by Crippen LogP contribution is 2.28. The molecule has 5 heteroatoms. The molecule has 0 saturated heterocycles. The molecule has 1 atom stereocenters. The number of rotatable bonds is 5. The molecule has 0 saturated carbocycles. The van der Waals surface area contributed by atoms with Crippen LogP contribution >= 0.6 is 11.8 Å². The van der Waals surface area contributed by atoms with Gasteiger partial charge in [0.1, 0.15) is 5.75 Å². The number of nitrogens with zero attached hydrogens (tertiary/aromatic N) is 2. The van der Waals surface area contributed by atoms with Crippen molar-refractivity contribution < 1.29 is 4.74 Å². The van der Waals surface area contributed by atoms with Crippen molar-refractivity contribution >= 4 is 11.8 Å². The van der Waals surface area contributed by atoms with E-state index in [1.54, 1.807) is 18.9 Å². The smallest absolute Gasteiger partial charge is 0.187 e. The highest BCUT2D eigenvalue weighted by molar-refractivity contribution is 7.98. The van der Waals surface area contributed by atoms with Gasteiger partial charge < -0.3 is 10.5 Å². The summed E-state index contributed by atoms with van der Waals surface area (Å²) < 4.78 is 5.39. The van der Waals surface area contributed by atoms with Crippen LogP contribution in [-0.2, 0) is 5.75 Å². The molecule has 0 amide bonds. The van der Waals surface area contributed by atoms with Crippen molar-refractivity contribution in [3.8, 4) is 5.75 Å². The highest BCUT2D eigenvalue weighted by Gasteiger charge is 2.08. The molecule has 0 radical (unpaired) electrons. The zero-order valence-corrected chi connectivity index (χ0v) is 12.8. The predicted octanol–water partition coefficient (Wildman–Crippen LogP) is 3.11. The van der Waals surface area contributed by atoms with E-state index in [0.717, 1.165) is 33.3 Å². The van der Waals surface area contributed by atoms with Gasteiger partial charge in [-0.2, -0.15) is 0 Å². The van der Waals surface area contributed by atoms with Gasteiger partial charge in [0.05, 0.1) is 7.11 Å². The lowest BCUT2D eigenvalue weighted by Crippen LogP contribution is -2.05. The monoisotopic (exact) mass is 289 g/mol. The Balaban J connectivity index is 2.14. The Hall–Kier alpha value is -1.59. The van der Waals surface area contributed by atoms with Gasteiger partial charge in [-0.25, -0.2) is 9.97 Å². The van der Waals surface area contributed by atoms with E-state index >= 15 is 0 Å². The summed E-state index contributed by atoms with van der Waals surface area (Å²) in [5, 5.41) is 0.767. The summed E-state index contributed by atoms with van der Waals surface area (Å²) in [6, 6.07) is 6.07. The van der Waals surface area contributed by atoms with Crippen molar-refractivity contribution in [3.05, 3.63) is 47.3 Å². The fraction of sp³-hybridized carbons (Fsp3) is 0.333. The van der Waals surface area contributed by atoms with Crippen LogP contribution in [0.3, 0.4) is 0 Å². The van der Waals surface area contributed by atoms with Crippen molar-refractivity contribution in [2.45, 2.75) is 30.8 Å². The molecule has 2 aromatic rings. The minimum Gasteiger partial charge on any atom is -0.496 e. The topological polar surface area (TPSA) is 61.0 Å². The molecule has 1 heterocycles. The van der Waals surface area contributed by atoms with Gasteiger partial charge in [-0.05, 0) is 37.1 Å². The number of hydrogen-bond acceptors (Lipinski definition) is 5. The Labute approximate surface area is 123 Å². The molecule has 1 unspecified atom stereocenters. The largest absolute Gasteiger partial charge is 0.496 e. The van der Waals surface area contributed by atoms with E-state index in [4.69, 9.17) is 10.5 Å². The average Bonchev–Trinajstić information content (AvgIpc) is 2.46. The molecular weight excluding hydrogens is 270 g/mol. The van der Waals surface area contributed by atoms with E-state index in [1.807, 2.05) is 38.4 Å². The second-order valence-corrected chi connectivity index (χ2v) is 5.63. The SMILES string of the molecule is COc1ccc(C(C)N)cc1CSc1ncc(C)cn1. The van der Waals surface area contributed by atoms with Crippen molar-refractivity contribution in [1.82, 2.24) is 9.97 Å². The molecular formula is C15H19N3OS. The maximum Gasteiger partial charge on any atom is 0.187 e. The van der Waals surface area contributed by atoms with Crippen molar-refractivity contribution in [1.29, 1.82) is 0 Å². The second kappa shape index (κ2) is 6.72. The molecule has 1 aromatic carbocycles. The fourth-order valence-electron chi connectivity index (χ4n) is 1.79. The molecule has 20 heavy (non-hydrogen) atoms. The van der Waals surface area contributed by atoms with Crippen LogP contribution in [0.4, 0.5) is 0 Å². The minimum atomic E-state index is 0.0141. The van der Waals surface area contributed by atoms with Crippen LogP contribution in [0.15, 0.2) is 35.7 Å². The van der Waals surface area contributed by atoms with Gasteiger partial charge in [0.15, 0.2) is 5.16 Å². The zero-order chi connectivity index (χ0) is 14.5. The lowest BCUT2D eigenvalue weighted by atomic mass is 10.1. The zero-order valence-electron chi connectivity index (χ0n) is 12.0. The molecule has 0 fully saturated rings. The molecule has 2 N–H and O–H groups in total. The van der Waals surface area contributed by atoms with Crippen LogP contribution in [0.25, 0.3) is 0 Å². The van der Waals surface area contributed by atoms with Crippen LogP contribution in [0.1, 0.15) is 29.7 Å². The van der Waals surface area contributed by atoms with Crippen LogP contribution < -0.4 is 10.5 Å². The first kappa shape index (κ1) is 14.8. The number of ether oxygens (including phenoxy) is 1. The number of hydrogen-bond donors (Lipinski definition) is 1. The van der Waals surface area contributed by atoms with Gasteiger partial charge in [-0.3, -0.25) is 0 Å². The number of aryl methyl sites for hydroxylation is 1. The van der Waals surface area contributed by atoms with Crippen LogP contribution in [-0.4, -0.2) is 17.1 Å². The van der Waals surface area contributed by atoms with Crippen molar-refractivity contribution in [2.75, 3.05) is 7.11 Å². The molecule has 0 aliphatic heterocycles. The van der Waals surface area contributed by atoms with Crippen LogP contribution in [0, 0.1) is 6.92 Å². The Bertz CT molecular complexity index is 570. The number of thioether (sulfide) groups is 1. The van der Waals surface area contributed by atoms with Gasteiger partial charge >= 0.3 is 0 Å². The molecule has 106 valence electrons. The van der Waals surface area contributed by atoms with Crippen molar-refractivity contribution in [2.24, 2.45) is 5.73 Å². The van der Waals surface area contributed by atoms with Crippen LogP contribution in [0.2, 0.25) is 0 Å². The minimum absolute atomic E-state index is 0.0141. The van der Waals surface area contributed by atoms with E-state index in [-0.39, 0.29) is 6.04 Å². The first-order valence-corrected chi connectivity index (χ1v) is 7.42. The quantitative estimate of drug-likeness (QED) is 0.677. The standard InChI is InChI=1S/C15H19N3OS/c1-10-7-17-15(18-8-10)20-9-13-6-12(11(2)16)4-5-14(13)19-3/h4-8,11H,9,16H2,1-3H3. The number of aromatic nitrogens is 2. The first-order valence-electron chi connectivity index (χ1n) is 6.44. The Morgan fingerprint density at radius 3 is 2.60 bits per heavy atom. The number of benzene rings is 1. The third-order valence-corrected chi connectivity index (χ3v) is 3.87. The lowest BCUT2D eigenvalue weighted by Gasteiger charge is -2.12. The van der Waals surface area contributed by atoms with Crippen molar-refractivity contribution in [3.63, 3.8) is 0 Å². The Morgan fingerprint density at radius 2 is 2.00 bits per heavy atom. The highest BCUT2D eigenvalue weighted by atomic mass is 32.2. The van der Waals surface area contributed by atoms with E-state index in [0.29, 0.717) is 0 Å². The van der Waals surface area contributed by atoms with Gasteiger partial charge in [0.25, 0.3) is 0 Å². The average molecular weight is 289 g/mol. The maximum absolute atomic E-state index is 5.93. The second-order valence-electron chi connectivity index (χ2n) is 4.69. The van der Waals surface area contributed by atoms with E-state index in [9.17, 15) is 0 Å². The maximum atomic E-state index is 5.93. The van der Waals surface area contributed by atoms with Gasteiger partial charge in [0.2, 0.25) is 0 Å². The van der Waals surface area contributed by atoms with E-state index in [2.05, 4.69) is 16.0 Å². The fourth-order valence-corrected chi connectivity index (χ4v) is 2.56. The first-order chi connectivity index (χ1) is 9.60. The summed E-state index contributed by atoms with van der Waals surface area (Å²) in [4.78, 5) is 8.59. The van der Waals surface area contributed by atoms with Gasteiger partial charge in [0, 0.05) is 29.8 Å². The molecule has 1 aromatic heterocycles. The number of methoxy groups -OCH3 is 1. The Kier molecular flexibility index (Phi) is 4.98.